The van der Waals surface area contributed by atoms with Crippen LogP contribution in [0.2, 0.25) is 0 Å². The Labute approximate surface area is 135 Å². The molecule has 1 aliphatic heterocycles. The van der Waals surface area contributed by atoms with Gasteiger partial charge in [-0.25, -0.2) is 4.68 Å². The van der Waals surface area contributed by atoms with Gasteiger partial charge in [0.2, 0.25) is 5.91 Å². The highest BCUT2D eigenvalue weighted by molar-refractivity contribution is 5.94. The Morgan fingerprint density at radius 2 is 2.13 bits per heavy atom. The standard InChI is InChI=1S/C17H21N3O3/c1-17(2,3)20-16-12(9-18-20)11(8-15(22)19-16)10-5-6-13(21)14(7-10)23-4/h5-7,9,11,21H,8H2,1-4H3,(H,19,22). The number of hydrogen-bond donors (Lipinski definition) is 2. The first-order chi connectivity index (χ1) is 10.8. The fourth-order valence-corrected chi connectivity index (χ4v) is 2.94. The summed E-state index contributed by atoms with van der Waals surface area (Å²) in [6.45, 7) is 6.12. The van der Waals surface area contributed by atoms with Gasteiger partial charge in [-0.2, -0.15) is 5.10 Å². The molecule has 0 aliphatic carbocycles. The average molecular weight is 315 g/mol. The van der Waals surface area contributed by atoms with E-state index in [1.54, 1.807) is 12.1 Å². The van der Waals surface area contributed by atoms with Crippen LogP contribution in [-0.2, 0) is 10.3 Å². The lowest BCUT2D eigenvalue weighted by Crippen LogP contribution is -2.30. The molecule has 2 aromatic rings. The summed E-state index contributed by atoms with van der Waals surface area (Å²) in [7, 11) is 1.51. The maximum Gasteiger partial charge on any atom is 0.226 e. The van der Waals surface area contributed by atoms with Gasteiger partial charge in [-0.05, 0) is 38.5 Å². The Balaban J connectivity index is 2.10. The predicted molar refractivity (Wildman–Crippen MR) is 87.0 cm³/mol. The van der Waals surface area contributed by atoms with E-state index in [4.69, 9.17) is 4.74 Å². The number of anilines is 1. The van der Waals surface area contributed by atoms with Gasteiger partial charge in [-0.3, -0.25) is 4.79 Å². The lowest BCUT2D eigenvalue weighted by molar-refractivity contribution is -0.116. The topological polar surface area (TPSA) is 76.4 Å². The zero-order chi connectivity index (χ0) is 16.8. The molecule has 0 bridgehead atoms. The number of benzene rings is 1. The highest BCUT2D eigenvalue weighted by atomic mass is 16.5. The van der Waals surface area contributed by atoms with Crippen LogP contribution in [0.15, 0.2) is 24.4 Å². The van der Waals surface area contributed by atoms with Crippen molar-refractivity contribution in [3.8, 4) is 11.5 Å². The van der Waals surface area contributed by atoms with Gasteiger partial charge >= 0.3 is 0 Å². The number of rotatable bonds is 2. The second kappa shape index (κ2) is 5.30. The van der Waals surface area contributed by atoms with Crippen molar-refractivity contribution in [3.63, 3.8) is 0 Å². The molecule has 1 amide bonds. The first-order valence-electron chi connectivity index (χ1n) is 7.56. The van der Waals surface area contributed by atoms with E-state index in [1.165, 1.54) is 7.11 Å². The zero-order valence-corrected chi connectivity index (χ0v) is 13.8. The lowest BCUT2D eigenvalue weighted by atomic mass is 9.87. The molecule has 23 heavy (non-hydrogen) atoms. The first kappa shape index (κ1) is 15.4. The molecule has 122 valence electrons. The third-order valence-electron chi connectivity index (χ3n) is 4.06. The average Bonchev–Trinajstić information content (AvgIpc) is 2.90. The number of methoxy groups -OCH3 is 1. The molecular formula is C17H21N3O3. The molecule has 0 fully saturated rings. The van der Waals surface area contributed by atoms with Crippen LogP contribution in [0.25, 0.3) is 0 Å². The van der Waals surface area contributed by atoms with Gasteiger partial charge in [0.25, 0.3) is 0 Å². The van der Waals surface area contributed by atoms with Gasteiger partial charge in [0.05, 0.1) is 18.8 Å². The Morgan fingerprint density at radius 3 is 2.78 bits per heavy atom. The maximum atomic E-state index is 12.2. The normalized spacial score (nSPS) is 17.6. The molecule has 2 N–H and O–H groups in total. The van der Waals surface area contributed by atoms with Crippen molar-refractivity contribution in [1.29, 1.82) is 0 Å². The molecule has 0 spiro atoms. The largest absolute Gasteiger partial charge is 0.504 e. The number of carbonyl (C=O) groups excluding carboxylic acids is 1. The molecule has 0 saturated carbocycles. The van der Waals surface area contributed by atoms with Crippen LogP contribution in [-0.4, -0.2) is 27.9 Å². The molecule has 3 rings (SSSR count). The number of amides is 1. The van der Waals surface area contributed by atoms with Crippen molar-refractivity contribution in [2.24, 2.45) is 0 Å². The smallest absolute Gasteiger partial charge is 0.226 e. The van der Waals surface area contributed by atoms with Crippen LogP contribution < -0.4 is 10.1 Å². The molecule has 6 nitrogen and oxygen atoms in total. The Bertz CT molecular complexity index is 759. The van der Waals surface area contributed by atoms with E-state index in [0.717, 1.165) is 16.9 Å². The highest BCUT2D eigenvalue weighted by Crippen LogP contribution is 2.40. The van der Waals surface area contributed by atoms with Crippen LogP contribution in [0.4, 0.5) is 5.82 Å². The summed E-state index contributed by atoms with van der Waals surface area (Å²) in [5, 5.41) is 17.2. The van der Waals surface area contributed by atoms with E-state index in [1.807, 2.05) is 37.7 Å². The number of phenolic OH excluding ortho intramolecular Hbond substituents is 1. The summed E-state index contributed by atoms with van der Waals surface area (Å²) < 4.78 is 7.02. The van der Waals surface area contributed by atoms with E-state index in [2.05, 4.69) is 10.4 Å². The summed E-state index contributed by atoms with van der Waals surface area (Å²) >= 11 is 0. The third kappa shape index (κ3) is 2.65. The van der Waals surface area contributed by atoms with Crippen molar-refractivity contribution < 1.29 is 14.6 Å². The van der Waals surface area contributed by atoms with Gasteiger partial charge in [0.15, 0.2) is 11.5 Å². The molecule has 6 heteroatoms. The van der Waals surface area contributed by atoms with Crippen LogP contribution >= 0.6 is 0 Å². The minimum absolute atomic E-state index is 0.0412. The van der Waals surface area contributed by atoms with E-state index in [0.29, 0.717) is 12.2 Å². The fraction of sp³-hybridized carbons (Fsp3) is 0.412. The van der Waals surface area contributed by atoms with Crippen molar-refractivity contribution in [1.82, 2.24) is 9.78 Å². The molecule has 1 aromatic heterocycles. The Hall–Kier alpha value is -2.50. The van der Waals surface area contributed by atoms with E-state index < -0.39 is 0 Å². The van der Waals surface area contributed by atoms with Crippen LogP contribution in [0.1, 0.15) is 44.2 Å². The summed E-state index contributed by atoms with van der Waals surface area (Å²) in [5.41, 5.74) is 1.67. The molecule has 0 saturated heterocycles. The van der Waals surface area contributed by atoms with Gasteiger partial charge in [0.1, 0.15) is 5.82 Å². The van der Waals surface area contributed by atoms with Crippen molar-refractivity contribution >= 4 is 11.7 Å². The second-order valence-electron chi connectivity index (χ2n) is 6.77. The summed E-state index contributed by atoms with van der Waals surface area (Å²) in [6.07, 6.45) is 2.15. The number of aromatic hydroxyl groups is 1. The monoisotopic (exact) mass is 315 g/mol. The number of phenols is 1. The zero-order valence-electron chi connectivity index (χ0n) is 13.8. The summed E-state index contributed by atoms with van der Waals surface area (Å²) in [4.78, 5) is 12.2. The fourth-order valence-electron chi connectivity index (χ4n) is 2.94. The maximum absolute atomic E-state index is 12.2. The van der Waals surface area contributed by atoms with Crippen molar-refractivity contribution in [2.75, 3.05) is 12.4 Å². The molecule has 1 unspecified atom stereocenters. The number of nitrogens with zero attached hydrogens (tertiary/aromatic N) is 2. The molecule has 1 aliphatic rings. The van der Waals surface area contributed by atoms with E-state index in [9.17, 15) is 9.90 Å². The number of fused-ring (bicyclic) bond motifs is 1. The Morgan fingerprint density at radius 1 is 1.39 bits per heavy atom. The third-order valence-corrected chi connectivity index (χ3v) is 4.06. The molecule has 1 aromatic carbocycles. The molecule has 0 radical (unpaired) electrons. The second-order valence-corrected chi connectivity index (χ2v) is 6.77. The first-order valence-corrected chi connectivity index (χ1v) is 7.56. The van der Waals surface area contributed by atoms with Crippen LogP contribution in [0.5, 0.6) is 11.5 Å². The number of hydrogen-bond acceptors (Lipinski definition) is 4. The quantitative estimate of drug-likeness (QED) is 0.893. The molecular weight excluding hydrogens is 294 g/mol. The lowest BCUT2D eigenvalue weighted by Gasteiger charge is -2.28. The van der Waals surface area contributed by atoms with Gasteiger partial charge in [-0.15, -0.1) is 0 Å². The van der Waals surface area contributed by atoms with Gasteiger partial charge in [0, 0.05) is 17.9 Å². The summed E-state index contributed by atoms with van der Waals surface area (Å²) in [5.74, 6) is 1.08. The van der Waals surface area contributed by atoms with Gasteiger partial charge < -0.3 is 15.2 Å². The number of ether oxygens (including phenoxy) is 1. The Kier molecular flexibility index (Phi) is 3.55. The molecule has 2 heterocycles. The van der Waals surface area contributed by atoms with Crippen LogP contribution in [0, 0.1) is 0 Å². The van der Waals surface area contributed by atoms with E-state index in [-0.39, 0.29) is 23.1 Å². The molecule has 1 atom stereocenters. The van der Waals surface area contributed by atoms with Crippen LogP contribution in [0.3, 0.4) is 0 Å². The number of carbonyl (C=O) groups is 1. The summed E-state index contributed by atoms with van der Waals surface area (Å²) in [6, 6.07) is 5.19. The van der Waals surface area contributed by atoms with Crippen molar-refractivity contribution in [3.05, 3.63) is 35.5 Å². The predicted octanol–water partition coefficient (Wildman–Crippen LogP) is 2.83. The SMILES string of the molecule is COc1cc(C2CC(=O)Nc3c2cnn3C(C)(C)C)ccc1O. The minimum Gasteiger partial charge on any atom is -0.504 e. The number of aromatic nitrogens is 2. The van der Waals surface area contributed by atoms with Gasteiger partial charge in [-0.1, -0.05) is 6.07 Å². The number of nitrogens with one attached hydrogen (secondary N) is 1. The minimum atomic E-state index is -0.227. The van der Waals surface area contributed by atoms with E-state index >= 15 is 0 Å². The highest BCUT2D eigenvalue weighted by Gasteiger charge is 2.32. The van der Waals surface area contributed by atoms with Crippen molar-refractivity contribution in [2.45, 2.75) is 38.6 Å².